The summed E-state index contributed by atoms with van der Waals surface area (Å²) in [5.74, 6) is 0. The minimum absolute atomic E-state index is 0.882. The van der Waals surface area contributed by atoms with Gasteiger partial charge in [0, 0.05) is 6.21 Å². The summed E-state index contributed by atoms with van der Waals surface area (Å²) >= 11 is 0. The zero-order valence-corrected chi connectivity index (χ0v) is 6.81. The highest BCUT2D eigenvalue weighted by Gasteiger charge is 1.94. The molecule has 0 atom stereocenters. The van der Waals surface area contributed by atoms with Crippen molar-refractivity contribution >= 4 is 6.21 Å². The van der Waals surface area contributed by atoms with Crippen molar-refractivity contribution in [3.63, 3.8) is 0 Å². The van der Waals surface area contributed by atoms with E-state index in [1.54, 1.807) is 6.21 Å². The van der Waals surface area contributed by atoms with Gasteiger partial charge >= 0.3 is 0 Å². The molecule has 1 N–H and O–H groups in total. The van der Waals surface area contributed by atoms with E-state index in [-0.39, 0.29) is 0 Å². The van der Waals surface area contributed by atoms with Crippen molar-refractivity contribution in [2.45, 2.75) is 20.8 Å². The Morgan fingerprint density at radius 1 is 1.50 bits per heavy atom. The normalized spacial score (nSPS) is 14.7. The maximum absolute atomic E-state index is 3.76. The molecule has 10 heavy (non-hydrogen) atoms. The quantitative estimate of drug-likeness (QED) is 0.544. The van der Waals surface area contributed by atoms with Crippen LogP contribution in [0.3, 0.4) is 0 Å². The number of rotatable bonds is 0. The monoisotopic (exact) mass is 138 g/mol. The van der Waals surface area contributed by atoms with Crippen LogP contribution in [0.15, 0.2) is 29.0 Å². The number of hydrazone groups is 1. The lowest BCUT2D eigenvalue weighted by atomic mass is 10.2. The van der Waals surface area contributed by atoms with Crippen LogP contribution in [-0.2, 0) is 0 Å². The number of nitrogens with one attached hydrogen (secondary N) is 1. The first-order valence-corrected chi connectivity index (χ1v) is 3.46. The number of hydrogen-bond donors (Lipinski definition) is 1. The Balaban J connectivity index is 0.000000371. The molecule has 1 aliphatic heterocycles. The van der Waals surface area contributed by atoms with Crippen molar-refractivity contribution < 1.29 is 0 Å². The zero-order chi connectivity index (χ0) is 7.98. The van der Waals surface area contributed by atoms with Crippen LogP contribution >= 0.6 is 0 Å². The predicted molar refractivity (Wildman–Crippen MR) is 45.9 cm³/mol. The van der Waals surface area contributed by atoms with Crippen LogP contribution in [0.25, 0.3) is 0 Å². The summed E-state index contributed by atoms with van der Waals surface area (Å²) in [6.07, 6.45) is 3.63. The van der Waals surface area contributed by atoms with E-state index >= 15 is 0 Å². The fraction of sp³-hybridized carbons (Fsp3) is 0.375. The van der Waals surface area contributed by atoms with Gasteiger partial charge in [-0.15, -0.1) is 0 Å². The SMILES string of the molecule is C=C1NN=CC=C1C.CC. The summed E-state index contributed by atoms with van der Waals surface area (Å²) < 4.78 is 0. The molecule has 0 saturated heterocycles. The molecule has 0 saturated carbocycles. The molecule has 1 heterocycles. The van der Waals surface area contributed by atoms with Crippen molar-refractivity contribution in [1.82, 2.24) is 5.43 Å². The second-order valence-electron chi connectivity index (χ2n) is 1.72. The fourth-order valence-electron chi connectivity index (χ4n) is 0.453. The molecule has 0 fully saturated rings. The van der Waals surface area contributed by atoms with E-state index in [4.69, 9.17) is 0 Å². The van der Waals surface area contributed by atoms with E-state index < -0.39 is 0 Å². The zero-order valence-electron chi connectivity index (χ0n) is 6.81. The minimum atomic E-state index is 0.882. The van der Waals surface area contributed by atoms with E-state index in [0.29, 0.717) is 0 Å². The molecule has 0 radical (unpaired) electrons. The molecule has 1 rings (SSSR count). The van der Waals surface area contributed by atoms with Crippen LogP contribution in [0, 0.1) is 0 Å². The standard InChI is InChI=1S/C6H8N2.C2H6/c1-5-3-4-7-8-6(5)2;1-2/h3-4,8H,2H2,1H3;1-2H3. The fourth-order valence-corrected chi connectivity index (χ4v) is 0.453. The van der Waals surface area contributed by atoms with Gasteiger partial charge in [-0.3, -0.25) is 5.43 Å². The van der Waals surface area contributed by atoms with Crippen molar-refractivity contribution in [3.05, 3.63) is 23.9 Å². The molecule has 0 aliphatic carbocycles. The van der Waals surface area contributed by atoms with Gasteiger partial charge in [0.05, 0.1) is 5.70 Å². The second-order valence-corrected chi connectivity index (χ2v) is 1.72. The molecule has 56 valence electrons. The van der Waals surface area contributed by atoms with E-state index in [9.17, 15) is 0 Å². The topological polar surface area (TPSA) is 24.4 Å². The van der Waals surface area contributed by atoms with E-state index in [1.165, 1.54) is 0 Å². The maximum atomic E-state index is 3.76. The third-order valence-electron chi connectivity index (χ3n) is 1.07. The van der Waals surface area contributed by atoms with Crippen LogP contribution in [0.5, 0.6) is 0 Å². The summed E-state index contributed by atoms with van der Waals surface area (Å²) in [4.78, 5) is 0. The molecule has 0 aromatic carbocycles. The Kier molecular flexibility index (Phi) is 4.29. The first-order valence-electron chi connectivity index (χ1n) is 3.46. The van der Waals surface area contributed by atoms with E-state index in [2.05, 4.69) is 17.1 Å². The predicted octanol–water partition coefficient (Wildman–Crippen LogP) is 2.06. The molecule has 1 aliphatic rings. The second kappa shape index (κ2) is 4.79. The number of allylic oxidation sites excluding steroid dienone is 2. The Morgan fingerprint density at radius 2 is 2.10 bits per heavy atom. The smallest absolute Gasteiger partial charge is 0.0519 e. The van der Waals surface area contributed by atoms with Crippen LogP contribution in [-0.4, -0.2) is 6.21 Å². The van der Waals surface area contributed by atoms with Gasteiger partial charge in [-0.1, -0.05) is 20.4 Å². The van der Waals surface area contributed by atoms with Gasteiger partial charge in [0.25, 0.3) is 0 Å². The minimum Gasteiger partial charge on any atom is -0.279 e. The number of nitrogens with zero attached hydrogens (tertiary/aromatic N) is 1. The molecule has 0 aromatic heterocycles. The largest absolute Gasteiger partial charge is 0.279 e. The molecular weight excluding hydrogens is 124 g/mol. The Morgan fingerprint density at radius 3 is 2.40 bits per heavy atom. The van der Waals surface area contributed by atoms with Crippen molar-refractivity contribution in [2.24, 2.45) is 5.10 Å². The highest BCUT2D eigenvalue weighted by molar-refractivity contribution is 5.74. The highest BCUT2D eigenvalue weighted by atomic mass is 15.3. The average molecular weight is 138 g/mol. The lowest BCUT2D eigenvalue weighted by Crippen LogP contribution is -2.08. The van der Waals surface area contributed by atoms with Gasteiger partial charge < -0.3 is 0 Å². The summed E-state index contributed by atoms with van der Waals surface area (Å²) in [6.45, 7) is 9.69. The number of hydrogen-bond acceptors (Lipinski definition) is 2. The van der Waals surface area contributed by atoms with Crippen LogP contribution in [0.2, 0.25) is 0 Å². The van der Waals surface area contributed by atoms with Crippen molar-refractivity contribution in [1.29, 1.82) is 0 Å². The lowest BCUT2D eigenvalue weighted by molar-refractivity contribution is 0.898. The lowest BCUT2D eigenvalue weighted by Gasteiger charge is -2.06. The van der Waals surface area contributed by atoms with E-state index in [1.807, 2.05) is 26.8 Å². The summed E-state index contributed by atoms with van der Waals surface area (Å²) in [7, 11) is 0. The van der Waals surface area contributed by atoms with Crippen LogP contribution in [0.4, 0.5) is 0 Å². The van der Waals surface area contributed by atoms with Gasteiger partial charge in [-0.2, -0.15) is 5.10 Å². The molecule has 0 amide bonds. The summed E-state index contributed by atoms with van der Waals surface area (Å²) in [5, 5.41) is 3.76. The van der Waals surface area contributed by atoms with E-state index in [0.717, 1.165) is 11.3 Å². The van der Waals surface area contributed by atoms with Crippen molar-refractivity contribution in [2.75, 3.05) is 0 Å². The molecule has 0 spiro atoms. The molecule has 0 unspecified atom stereocenters. The van der Waals surface area contributed by atoms with Crippen molar-refractivity contribution in [3.8, 4) is 0 Å². The third-order valence-corrected chi connectivity index (χ3v) is 1.07. The molecule has 0 aromatic rings. The molecule has 0 bridgehead atoms. The van der Waals surface area contributed by atoms with Crippen LogP contribution < -0.4 is 5.43 Å². The summed E-state index contributed by atoms with van der Waals surface area (Å²) in [6, 6.07) is 0. The molecular formula is C8H14N2. The average Bonchev–Trinajstić information content (AvgIpc) is 2.00. The Labute approximate surface area is 62.3 Å². The summed E-state index contributed by atoms with van der Waals surface area (Å²) in [5.41, 5.74) is 4.76. The van der Waals surface area contributed by atoms with Crippen LogP contribution in [0.1, 0.15) is 20.8 Å². The first kappa shape index (κ1) is 8.95. The maximum Gasteiger partial charge on any atom is 0.0519 e. The molecule has 2 heteroatoms. The Hall–Kier alpha value is -1.05. The highest BCUT2D eigenvalue weighted by Crippen LogP contribution is 2.03. The van der Waals surface area contributed by atoms with Gasteiger partial charge in [0.1, 0.15) is 0 Å². The van der Waals surface area contributed by atoms with Gasteiger partial charge in [-0.05, 0) is 18.6 Å². The molecule has 2 nitrogen and oxygen atoms in total. The van der Waals surface area contributed by atoms with Gasteiger partial charge in [0.2, 0.25) is 0 Å². The van der Waals surface area contributed by atoms with Gasteiger partial charge in [-0.25, -0.2) is 0 Å². The first-order chi connectivity index (χ1) is 4.80. The third kappa shape index (κ3) is 2.49. The van der Waals surface area contributed by atoms with Gasteiger partial charge in [0.15, 0.2) is 0 Å². The Bertz CT molecular complexity index is 166.